The van der Waals surface area contributed by atoms with Crippen molar-refractivity contribution in [3.63, 3.8) is 0 Å². The molecule has 0 bridgehead atoms. The second-order valence-electron chi connectivity index (χ2n) is 4.81. The predicted octanol–water partition coefficient (Wildman–Crippen LogP) is 1.30. The first-order chi connectivity index (χ1) is 8.69. The number of ether oxygens (including phenoxy) is 1. The topological polar surface area (TPSA) is 50.4 Å². The van der Waals surface area contributed by atoms with Crippen molar-refractivity contribution in [2.75, 3.05) is 26.7 Å². The van der Waals surface area contributed by atoms with E-state index in [4.69, 9.17) is 4.74 Å². The highest BCUT2D eigenvalue weighted by Gasteiger charge is 2.17. The van der Waals surface area contributed by atoms with Gasteiger partial charge in [-0.3, -0.25) is 4.79 Å². The first kappa shape index (κ1) is 15.8. The molecule has 1 fully saturated rings. The van der Waals surface area contributed by atoms with E-state index in [1.54, 1.807) is 7.11 Å². The SMILES string of the molecule is COc1cc(CC(=O)NCC2CNC2)ccc1C.Cl. The molecule has 0 saturated carbocycles. The molecule has 2 N–H and O–H groups in total. The van der Waals surface area contributed by atoms with Crippen LogP contribution in [0.5, 0.6) is 5.75 Å². The van der Waals surface area contributed by atoms with E-state index >= 15 is 0 Å². The van der Waals surface area contributed by atoms with E-state index in [9.17, 15) is 4.79 Å². The fraction of sp³-hybridized carbons (Fsp3) is 0.500. The molecule has 4 nitrogen and oxygen atoms in total. The number of methoxy groups -OCH3 is 1. The lowest BCUT2D eigenvalue weighted by Crippen LogP contribution is -2.48. The van der Waals surface area contributed by atoms with Crippen LogP contribution < -0.4 is 15.4 Å². The lowest BCUT2D eigenvalue weighted by Gasteiger charge is -2.27. The van der Waals surface area contributed by atoms with Gasteiger partial charge in [0, 0.05) is 25.6 Å². The van der Waals surface area contributed by atoms with Gasteiger partial charge in [-0.25, -0.2) is 0 Å². The monoisotopic (exact) mass is 284 g/mol. The zero-order valence-electron chi connectivity index (χ0n) is 11.4. The van der Waals surface area contributed by atoms with E-state index < -0.39 is 0 Å². The van der Waals surface area contributed by atoms with Crippen molar-refractivity contribution < 1.29 is 9.53 Å². The molecular formula is C14H21ClN2O2. The van der Waals surface area contributed by atoms with Gasteiger partial charge in [0.25, 0.3) is 0 Å². The summed E-state index contributed by atoms with van der Waals surface area (Å²) in [5, 5.41) is 6.15. The summed E-state index contributed by atoms with van der Waals surface area (Å²) < 4.78 is 5.25. The summed E-state index contributed by atoms with van der Waals surface area (Å²) in [7, 11) is 1.65. The van der Waals surface area contributed by atoms with Gasteiger partial charge in [-0.05, 0) is 24.1 Å². The molecule has 1 aliphatic rings. The summed E-state index contributed by atoms with van der Waals surface area (Å²) in [6.45, 7) is 4.79. The number of carbonyl (C=O) groups is 1. The van der Waals surface area contributed by atoms with Crippen molar-refractivity contribution in [1.82, 2.24) is 10.6 Å². The minimum atomic E-state index is 0. The molecule has 106 valence electrons. The molecule has 5 heteroatoms. The Kier molecular flexibility index (Phi) is 6.12. The predicted molar refractivity (Wildman–Crippen MR) is 78.1 cm³/mol. The van der Waals surface area contributed by atoms with Crippen molar-refractivity contribution in [2.24, 2.45) is 5.92 Å². The van der Waals surface area contributed by atoms with Gasteiger partial charge in [-0.15, -0.1) is 12.4 Å². The summed E-state index contributed by atoms with van der Waals surface area (Å²) >= 11 is 0. The molecule has 0 aromatic heterocycles. The van der Waals surface area contributed by atoms with Gasteiger partial charge in [-0.1, -0.05) is 12.1 Å². The van der Waals surface area contributed by atoms with Crippen LogP contribution in [0.2, 0.25) is 0 Å². The third kappa shape index (κ3) is 4.40. The zero-order valence-corrected chi connectivity index (χ0v) is 12.2. The number of carbonyl (C=O) groups excluding carboxylic acids is 1. The van der Waals surface area contributed by atoms with Crippen molar-refractivity contribution in [1.29, 1.82) is 0 Å². The van der Waals surface area contributed by atoms with Crippen LogP contribution in [-0.4, -0.2) is 32.7 Å². The Labute approximate surface area is 120 Å². The molecule has 1 aromatic carbocycles. The standard InChI is InChI=1S/C14H20N2O2.ClH/c1-10-3-4-11(5-13(10)18-2)6-14(17)16-9-12-7-15-8-12;/h3-5,12,15H,6-9H2,1-2H3,(H,16,17);1H. The molecule has 0 aliphatic carbocycles. The molecule has 1 saturated heterocycles. The number of rotatable bonds is 5. The molecule has 0 unspecified atom stereocenters. The van der Waals surface area contributed by atoms with Crippen molar-refractivity contribution in [3.05, 3.63) is 29.3 Å². The summed E-state index contributed by atoms with van der Waals surface area (Å²) in [5.74, 6) is 1.51. The molecule has 1 aliphatic heterocycles. The van der Waals surface area contributed by atoms with Crippen LogP contribution in [0.25, 0.3) is 0 Å². The first-order valence-electron chi connectivity index (χ1n) is 6.30. The van der Waals surface area contributed by atoms with E-state index in [0.29, 0.717) is 12.3 Å². The molecule has 19 heavy (non-hydrogen) atoms. The fourth-order valence-electron chi connectivity index (χ4n) is 1.97. The number of hydrogen-bond acceptors (Lipinski definition) is 3. The van der Waals surface area contributed by atoms with Gasteiger partial charge in [0.2, 0.25) is 5.91 Å². The molecule has 1 amide bonds. The Hall–Kier alpha value is -1.26. The molecule has 2 rings (SSSR count). The van der Waals surface area contributed by atoms with Gasteiger partial charge in [-0.2, -0.15) is 0 Å². The fourth-order valence-corrected chi connectivity index (χ4v) is 1.97. The van der Waals surface area contributed by atoms with Gasteiger partial charge < -0.3 is 15.4 Å². The van der Waals surface area contributed by atoms with Crippen molar-refractivity contribution in [3.8, 4) is 5.75 Å². The summed E-state index contributed by atoms with van der Waals surface area (Å²) in [5.41, 5.74) is 2.07. The van der Waals surface area contributed by atoms with Gasteiger partial charge in [0.05, 0.1) is 13.5 Å². The maximum atomic E-state index is 11.8. The normalized spacial score (nSPS) is 14.2. The molecular weight excluding hydrogens is 264 g/mol. The van der Waals surface area contributed by atoms with Crippen LogP contribution in [0.15, 0.2) is 18.2 Å². The first-order valence-corrected chi connectivity index (χ1v) is 6.30. The summed E-state index contributed by atoms with van der Waals surface area (Å²) in [6.07, 6.45) is 0.413. The van der Waals surface area contributed by atoms with Crippen LogP contribution in [0.3, 0.4) is 0 Å². The maximum Gasteiger partial charge on any atom is 0.224 e. The maximum absolute atomic E-state index is 11.8. The third-order valence-corrected chi connectivity index (χ3v) is 3.29. The van der Waals surface area contributed by atoms with Gasteiger partial charge in [0.1, 0.15) is 5.75 Å². The molecule has 1 aromatic rings. The van der Waals surface area contributed by atoms with Crippen LogP contribution in [0.1, 0.15) is 11.1 Å². The zero-order chi connectivity index (χ0) is 13.0. The second kappa shape index (κ2) is 7.36. The van der Waals surface area contributed by atoms with Crippen LogP contribution in [0, 0.1) is 12.8 Å². The Morgan fingerprint density at radius 1 is 1.47 bits per heavy atom. The molecule has 0 atom stereocenters. The Morgan fingerprint density at radius 2 is 2.21 bits per heavy atom. The van der Waals surface area contributed by atoms with Crippen molar-refractivity contribution >= 4 is 18.3 Å². The summed E-state index contributed by atoms with van der Waals surface area (Å²) in [4.78, 5) is 11.8. The highest BCUT2D eigenvalue weighted by Crippen LogP contribution is 2.19. The van der Waals surface area contributed by atoms with E-state index in [0.717, 1.165) is 36.5 Å². The van der Waals surface area contributed by atoms with Crippen LogP contribution in [0.4, 0.5) is 0 Å². The minimum absolute atomic E-state index is 0. The highest BCUT2D eigenvalue weighted by atomic mass is 35.5. The smallest absolute Gasteiger partial charge is 0.224 e. The van der Waals surface area contributed by atoms with Crippen LogP contribution in [-0.2, 0) is 11.2 Å². The van der Waals surface area contributed by atoms with Gasteiger partial charge >= 0.3 is 0 Å². The van der Waals surface area contributed by atoms with Gasteiger partial charge in [0.15, 0.2) is 0 Å². The molecule has 0 spiro atoms. The number of nitrogens with one attached hydrogen (secondary N) is 2. The highest BCUT2D eigenvalue weighted by molar-refractivity contribution is 5.85. The Balaban J connectivity index is 0.00000180. The number of amides is 1. The van der Waals surface area contributed by atoms with E-state index in [1.807, 2.05) is 25.1 Å². The number of hydrogen-bond donors (Lipinski definition) is 2. The second-order valence-corrected chi connectivity index (χ2v) is 4.81. The van der Waals surface area contributed by atoms with E-state index in [2.05, 4.69) is 10.6 Å². The molecule has 0 radical (unpaired) electrons. The lowest BCUT2D eigenvalue weighted by molar-refractivity contribution is -0.120. The van der Waals surface area contributed by atoms with E-state index in [1.165, 1.54) is 0 Å². The average Bonchev–Trinajstić information content (AvgIpc) is 2.29. The summed E-state index contributed by atoms with van der Waals surface area (Å²) in [6, 6.07) is 5.89. The largest absolute Gasteiger partial charge is 0.496 e. The van der Waals surface area contributed by atoms with E-state index in [-0.39, 0.29) is 18.3 Å². The Bertz CT molecular complexity index is 433. The van der Waals surface area contributed by atoms with Crippen LogP contribution >= 0.6 is 12.4 Å². The minimum Gasteiger partial charge on any atom is -0.496 e. The average molecular weight is 285 g/mol. The van der Waals surface area contributed by atoms with Crippen molar-refractivity contribution in [2.45, 2.75) is 13.3 Å². The third-order valence-electron chi connectivity index (χ3n) is 3.29. The Morgan fingerprint density at radius 3 is 2.79 bits per heavy atom. The quantitative estimate of drug-likeness (QED) is 0.857. The number of halogens is 1. The number of benzene rings is 1. The molecule has 1 heterocycles. The number of aryl methyl sites for hydroxylation is 1. The lowest BCUT2D eigenvalue weighted by atomic mass is 10.0.